The van der Waals surface area contributed by atoms with Gasteiger partial charge in [-0.1, -0.05) is 11.6 Å². The van der Waals surface area contributed by atoms with Gasteiger partial charge in [-0.2, -0.15) is 0 Å². The van der Waals surface area contributed by atoms with E-state index in [9.17, 15) is 4.79 Å². The van der Waals surface area contributed by atoms with Crippen molar-refractivity contribution in [3.05, 3.63) is 28.8 Å². The molecular formula is C9H6ClN2O. The summed E-state index contributed by atoms with van der Waals surface area (Å²) in [6.07, 6.45) is 2.77. The maximum absolute atomic E-state index is 11.1. The lowest BCUT2D eigenvalue weighted by Crippen LogP contribution is -2.13. The number of nitrogens with zero attached hydrogens (tertiary/aromatic N) is 1. The molecule has 1 N–H and O–H groups in total. The number of amides is 1. The second kappa shape index (κ2) is 3.18. The van der Waals surface area contributed by atoms with Gasteiger partial charge in [0.25, 0.3) is 0 Å². The number of carbonyl (C=O) groups is 1. The van der Waals surface area contributed by atoms with Gasteiger partial charge in [0.1, 0.15) is 6.54 Å². The van der Waals surface area contributed by atoms with E-state index in [0.29, 0.717) is 10.7 Å². The fraction of sp³-hybridized carbons (Fsp3) is 0.111. The van der Waals surface area contributed by atoms with Gasteiger partial charge < -0.3 is 5.32 Å². The maximum atomic E-state index is 11.1. The Labute approximate surface area is 80.4 Å². The van der Waals surface area contributed by atoms with E-state index in [4.69, 9.17) is 11.6 Å². The van der Waals surface area contributed by atoms with Gasteiger partial charge in [0.2, 0.25) is 5.91 Å². The molecule has 0 bridgehead atoms. The Bertz CT molecular complexity index is 387. The molecule has 0 aromatic heterocycles. The van der Waals surface area contributed by atoms with Crippen molar-refractivity contribution in [2.75, 3.05) is 11.9 Å². The summed E-state index contributed by atoms with van der Waals surface area (Å²) in [5.74, 6) is -0.145. The van der Waals surface area contributed by atoms with E-state index in [1.165, 1.54) is 0 Å². The molecule has 13 heavy (non-hydrogen) atoms. The molecule has 1 aromatic carbocycles. The van der Waals surface area contributed by atoms with Gasteiger partial charge in [-0.15, -0.1) is 0 Å². The van der Waals surface area contributed by atoms with Crippen LogP contribution in [0.3, 0.4) is 0 Å². The van der Waals surface area contributed by atoms with Gasteiger partial charge in [-0.3, -0.25) is 9.79 Å². The van der Waals surface area contributed by atoms with Crippen molar-refractivity contribution >= 4 is 29.4 Å². The Morgan fingerprint density at radius 1 is 1.54 bits per heavy atom. The van der Waals surface area contributed by atoms with E-state index >= 15 is 0 Å². The smallest absolute Gasteiger partial charge is 0.246 e. The van der Waals surface area contributed by atoms with Crippen LogP contribution in [0.2, 0.25) is 5.02 Å². The first-order valence-corrected chi connectivity index (χ1v) is 4.15. The van der Waals surface area contributed by atoms with E-state index in [-0.39, 0.29) is 12.5 Å². The highest BCUT2D eigenvalue weighted by atomic mass is 35.5. The molecule has 65 valence electrons. The van der Waals surface area contributed by atoms with Crippen LogP contribution in [0.25, 0.3) is 0 Å². The molecule has 0 unspecified atom stereocenters. The zero-order valence-electron chi connectivity index (χ0n) is 6.67. The van der Waals surface area contributed by atoms with Crippen LogP contribution in [0.4, 0.5) is 5.69 Å². The number of benzodiazepines with no additional fused rings is 1. The van der Waals surface area contributed by atoms with Crippen LogP contribution in [0.5, 0.6) is 0 Å². The highest BCUT2D eigenvalue weighted by molar-refractivity contribution is 6.31. The largest absolute Gasteiger partial charge is 0.324 e. The topological polar surface area (TPSA) is 41.5 Å². The number of hydrogen-bond acceptors (Lipinski definition) is 2. The van der Waals surface area contributed by atoms with E-state index in [0.717, 1.165) is 5.56 Å². The zero-order chi connectivity index (χ0) is 9.26. The van der Waals surface area contributed by atoms with Crippen molar-refractivity contribution < 1.29 is 4.79 Å². The normalized spacial score (nSPS) is 14.7. The number of nitrogens with one attached hydrogen (secondary N) is 1. The second-order valence-electron chi connectivity index (χ2n) is 2.67. The molecule has 0 atom stereocenters. The molecule has 0 saturated carbocycles. The van der Waals surface area contributed by atoms with Crippen molar-refractivity contribution in [2.45, 2.75) is 0 Å². The third-order valence-corrected chi connectivity index (χ3v) is 1.91. The summed E-state index contributed by atoms with van der Waals surface area (Å²) in [4.78, 5) is 14.9. The van der Waals surface area contributed by atoms with Gasteiger partial charge in [0.05, 0.1) is 11.9 Å². The second-order valence-corrected chi connectivity index (χ2v) is 3.10. The summed E-state index contributed by atoms with van der Waals surface area (Å²) in [7, 11) is 0. The minimum absolute atomic E-state index is 0.117. The summed E-state index contributed by atoms with van der Waals surface area (Å²) in [5, 5.41) is 3.27. The first-order valence-electron chi connectivity index (χ1n) is 3.77. The average Bonchev–Trinajstić information content (AvgIpc) is 2.25. The van der Waals surface area contributed by atoms with Crippen LogP contribution in [-0.4, -0.2) is 18.7 Å². The Kier molecular flexibility index (Phi) is 2.02. The average molecular weight is 194 g/mol. The summed E-state index contributed by atoms with van der Waals surface area (Å²) in [6.45, 7) is 0.117. The predicted molar refractivity (Wildman–Crippen MR) is 51.5 cm³/mol. The van der Waals surface area contributed by atoms with Crippen LogP contribution in [0, 0.1) is 0 Å². The van der Waals surface area contributed by atoms with Crippen molar-refractivity contribution in [2.24, 2.45) is 4.99 Å². The first kappa shape index (κ1) is 8.26. The minimum Gasteiger partial charge on any atom is -0.324 e. The maximum Gasteiger partial charge on any atom is 0.246 e. The molecule has 0 aliphatic carbocycles. The lowest BCUT2D eigenvalue weighted by Gasteiger charge is -2.03. The number of halogens is 1. The van der Waals surface area contributed by atoms with E-state index < -0.39 is 0 Å². The van der Waals surface area contributed by atoms with Crippen LogP contribution >= 0.6 is 11.6 Å². The summed E-state index contributed by atoms with van der Waals surface area (Å²) in [5.41, 5.74) is 1.43. The number of fused-ring (bicyclic) bond motifs is 1. The van der Waals surface area contributed by atoms with Gasteiger partial charge >= 0.3 is 0 Å². The lowest BCUT2D eigenvalue weighted by molar-refractivity contribution is -0.114. The Morgan fingerprint density at radius 3 is 3.23 bits per heavy atom. The molecule has 1 aromatic rings. The number of carbonyl (C=O) groups excluding carboxylic acids is 1. The standard InChI is InChI=1S/C9H6ClN2O/c10-7-2-1-6-4-11-5-9(13)12-8(6)3-7/h1-3H,5H2,(H,12,13). The predicted octanol–water partition coefficient (Wildman–Crippen LogP) is 1.59. The molecular weight excluding hydrogens is 188 g/mol. The van der Waals surface area contributed by atoms with Crippen LogP contribution in [0.15, 0.2) is 23.2 Å². The molecule has 1 heterocycles. The van der Waals surface area contributed by atoms with Crippen molar-refractivity contribution in [3.8, 4) is 0 Å². The van der Waals surface area contributed by atoms with E-state index in [1.54, 1.807) is 18.2 Å². The fourth-order valence-electron chi connectivity index (χ4n) is 1.10. The molecule has 0 spiro atoms. The summed E-state index contributed by atoms with van der Waals surface area (Å²) < 4.78 is 0. The third-order valence-electron chi connectivity index (χ3n) is 1.68. The van der Waals surface area contributed by atoms with Crippen molar-refractivity contribution in [3.63, 3.8) is 0 Å². The Morgan fingerprint density at radius 2 is 2.38 bits per heavy atom. The highest BCUT2D eigenvalue weighted by Gasteiger charge is 2.09. The molecule has 4 heteroatoms. The zero-order valence-corrected chi connectivity index (χ0v) is 7.43. The molecule has 1 aliphatic heterocycles. The minimum atomic E-state index is -0.145. The molecule has 1 aliphatic rings. The SMILES string of the molecule is O=C1CN=[C]c2ccc(Cl)cc2N1. The number of aliphatic imine (C=N–C) groups is 1. The molecule has 2 rings (SSSR count). The molecule has 0 saturated heterocycles. The van der Waals surface area contributed by atoms with Crippen molar-refractivity contribution in [1.82, 2.24) is 0 Å². The summed E-state index contributed by atoms with van der Waals surface area (Å²) >= 11 is 5.77. The molecule has 3 nitrogen and oxygen atoms in total. The van der Waals surface area contributed by atoms with Gasteiger partial charge in [-0.05, 0) is 18.2 Å². The quantitative estimate of drug-likeness (QED) is 0.668. The third kappa shape index (κ3) is 1.70. The summed E-state index contributed by atoms with van der Waals surface area (Å²) in [6, 6.07) is 5.19. The first-order chi connectivity index (χ1) is 6.25. The fourth-order valence-corrected chi connectivity index (χ4v) is 1.28. The van der Waals surface area contributed by atoms with Crippen LogP contribution in [-0.2, 0) is 4.79 Å². The number of hydrogen-bond donors (Lipinski definition) is 1. The van der Waals surface area contributed by atoms with E-state index in [1.807, 2.05) is 0 Å². The van der Waals surface area contributed by atoms with Crippen molar-refractivity contribution in [1.29, 1.82) is 0 Å². The van der Waals surface area contributed by atoms with Crippen LogP contribution < -0.4 is 5.32 Å². The molecule has 1 radical (unpaired) electrons. The van der Waals surface area contributed by atoms with Gasteiger partial charge in [0, 0.05) is 10.6 Å². The Balaban J connectivity index is 2.49. The molecule has 0 fully saturated rings. The highest BCUT2D eigenvalue weighted by Crippen LogP contribution is 2.20. The number of benzene rings is 1. The lowest BCUT2D eigenvalue weighted by atomic mass is 10.2. The number of anilines is 1. The van der Waals surface area contributed by atoms with Gasteiger partial charge in [0.15, 0.2) is 0 Å². The van der Waals surface area contributed by atoms with Gasteiger partial charge in [-0.25, -0.2) is 0 Å². The number of rotatable bonds is 0. The molecule has 1 amide bonds. The van der Waals surface area contributed by atoms with Crippen LogP contribution in [0.1, 0.15) is 5.56 Å². The monoisotopic (exact) mass is 193 g/mol. The Hall–Kier alpha value is -1.35. The van der Waals surface area contributed by atoms with E-state index in [2.05, 4.69) is 16.5 Å².